The highest BCUT2D eigenvalue weighted by Crippen LogP contribution is 2.15. The minimum Gasteiger partial charge on any atom is -0.378 e. The van der Waals surface area contributed by atoms with Gasteiger partial charge in [-0.25, -0.2) is 9.67 Å². The Morgan fingerprint density at radius 2 is 2.35 bits per heavy atom. The molecule has 96 valence electrons. The van der Waals surface area contributed by atoms with E-state index in [4.69, 9.17) is 4.74 Å². The Hall–Kier alpha value is -0.940. The summed E-state index contributed by atoms with van der Waals surface area (Å²) in [6.45, 7) is 8.79. The van der Waals surface area contributed by atoms with Gasteiger partial charge in [0.15, 0.2) is 0 Å². The van der Waals surface area contributed by atoms with Crippen LogP contribution in [0.3, 0.4) is 0 Å². The van der Waals surface area contributed by atoms with E-state index in [1.54, 1.807) is 6.33 Å². The number of nitrogens with zero attached hydrogens (tertiary/aromatic N) is 4. The molecule has 0 amide bonds. The SMILES string of the molecule is CCCC1COCCN1Cc1ncnn1CC. The molecule has 1 aromatic rings. The van der Waals surface area contributed by atoms with Gasteiger partial charge in [-0.1, -0.05) is 13.3 Å². The van der Waals surface area contributed by atoms with E-state index in [0.717, 1.165) is 38.7 Å². The quantitative estimate of drug-likeness (QED) is 0.775. The molecule has 0 aromatic carbocycles. The molecule has 0 bridgehead atoms. The largest absolute Gasteiger partial charge is 0.378 e. The fourth-order valence-corrected chi connectivity index (χ4v) is 2.35. The summed E-state index contributed by atoms with van der Waals surface area (Å²) < 4.78 is 7.53. The van der Waals surface area contributed by atoms with Gasteiger partial charge in [-0.15, -0.1) is 0 Å². The number of rotatable bonds is 5. The van der Waals surface area contributed by atoms with Crippen LogP contribution in [0.5, 0.6) is 0 Å². The first kappa shape index (κ1) is 12.5. The zero-order valence-corrected chi connectivity index (χ0v) is 10.8. The molecule has 1 aliphatic rings. The van der Waals surface area contributed by atoms with E-state index >= 15 is 0 Å². The van der Waals surface area contributed by atoms with E-state index < -0.39 is 0 Å². The van der Waals surface area contributed by atoms with Crippen LogP contribution < -0.4 is 0 Å². The molecular formula is C12H22N4O. The minimum atomic E-state index is 0.538. The van der Waals surface area contributed by atoms with E-state index in [0.29, 0.717) is 6.04 Å². The summed E-state index contributed by atoms with van der Waals surface area (Å²) in [6.07, 6.45) is 4.04. The zero-order valence-electron chi connectivity index (χ0n) is 10.8. The van der Waals surface area contributed by atoms with Crippen LogP contribution in [0, 0.1) is 0 Å². The van der Waals surface area contributed by atoms with E-state index in [1.165, 1.54) is 12.8 Å². The van der Waals surface area contributed by atoms with Gasteiger partial charge in [-0.05, 0) is 13.3 Å². The number of aromatic nitrogens is 3. The Morgan fingerprint density at radius 1 is 1.47 bits per heavy atom. The molecule has 0 aliphatic carbocycles. The Labute approximate surface area is 103 Å². The van der Waals surface area contributed by atoms with Crippen LogP contribution in [0.2, 0.25) is 0 Å². The number of ether oxygens (including phenoxy) is 1. The van der Waals surface area contributed by atoms with Gasteiger partial charge in [0.1, 0.15) is 12.2 Å². The number of aryl methyl sites for hydroxylation is 1. The molecule has 2 rings (SSSR count). The van der Waals surface area contributed by atoms with Gasteiger partial charge in [0.2, 0.25) is 0 Å². The summed E-state index contributed by atoms with van der Waals surface area (Å²) in [7, 11) is 0. The van der Waals surface area contributed by atoms with Crippen molar-refractivity contribution in [2.75, 3.05) is 19.8 Å². The van der Waals surface area contributed by atoms with Crippen molar-refractivity contribution in [2.24, 2.45) is 0 Å². The predicted octanol–water partition coefficient (Wildman–Crippen LogP) is 1.30. The topological polar surface area (TPSA) is 43.2 Å². The second kappa shape index (κ2) is 6.12. The summed E-state index contributed by atoms with van der Waals surface area (Å²) in [6, 6.07) is 0.538. The highest BCUT2D eigenvalue weighted by atomic mass is 16.5. The maximum Gasteiger partial charge on any atom is 0.141 e. The molecule has 1 unspecified atom stereocenters. The van der Waals surface area contributed by atoms with Crippen molar-refractivity contribution >= 4 is 0 Å². The van der Waals surface area contributed by atoms with Crippen molar-refractivity contribution in [3.8, 4) is 0 Å². The molecule has 1 aromatic heterocycles. The Bertz CT molecular complexity index is 337. The van der Waals surface area contributed by atoms with Crippen molar-refractivity contribution in [1.82, 2.24) is 19.7 Å². The van der Waals surface area contributed by atoms with Crippen molar-refractivity contribution in [3.63, 3.8) is 0 Å². The second-order valence-electron chi connectivity index (χ2n) is 4.48. The highest BCUT2D eigenvalue weighted by molar-refractivity contribution is 4.87. The van der Waals surface area contributed by atoms with Crippen molar-refractivity contribution in [3.05, 3.63) is 12.2 Å². The summed E-state index contributed by atoms with van der Waals surface area (Å²) in [4.78, 5) is 6.82. The second-order valence-corrected chi connectivity index (χ2v) is 4.48. The van der Waals surface area contributed by atoms with Gasteiger partial charge in [0.25, 0.3) is 0 Å². The summed E-state index contributed by atoms with van der Waals surface area (Å²) in [5.41, 5.74) is 0. The smallest absolute Gasteiger partial charge is 0.141 e. The minimum absolute atomic E-state index is 0.538. The van der Waals surface area contributed by atoms with Crippen LogP contribution in [0.1, 0.15) is 32.5 Å². The van der Waals surface area contributed by atoms with Crippen LogP contribution in [-0.2, 0) is 17.8 Å². The van der Waals surface area contributed by atoms with Gasteiger partial charge >= 0.3 is 0 Å². The fourth-order valence-electron chi connectivity index (χ4n) is 2.35. The Balaban J connectivity index is 2.00. The third-order valence-electron chi connectivity index (χ3n) is 3.31. The molecule has 2 heterocycles. The molecule has 1 atom stereocenters. The zero-order chi connectivity index (χ0) is 12.1. The first-order valence-corrected chi connectivity index (χ1v) is 6.53. The van der Waals surface area contributed by atoms with Crippen LogP contribution in [0.4, 0.5) is 0 Å². The third kappa shape index (κ3) is 3.04. The molecule has 1 fully saturated rings. The maximum absolute atomic E-state index is 5.56. The maximum atomic E-state index is 5.56. The van der Waals surface area contributed by atoms with Gasteiger partial charge in [-0.2, -0.15) is 5.10 Å². The number of morpholine rings is 1. The first-order chi connectivity index (χ1) is 8.35. The lowest BCUT2D eigenvalue weighted by molar-refractivity contribution is -0.0163. The molecule has 5 heteroatoms. The lowest BCUT2D eigenvalue weighted by atomic mass is 10.1. The van der Waals surface area contributed by atoms with E-state index in [2.05, 4.69) is 28.8 Å². The van der Waals surface area contributed by atoms with Crippen LogP contribution in [0.25, 0.3) is 0 Å². The van der Waals surface area contributed by atoms with E-state index in [1.807, 2.05) is 4.68 Å². The van der Waals surface area contributed by atoms with Crippen molar-refractivity contribution in [1.29, 1.82) is 0 Å². The molecule has 5 nitrogen and oxygen atoms in total. The van der Waals surface area contributed by atoms with Crippen LogP contribution >= 0.6 is 0 Å². The molecule has 1 aliphatic heterocycles. The van der Waals surface area contributed by atoms with Crippen LogP contribution in [-0.4, -0.2) is 45.5 Å². The standard InChI is InChI=1S/C12H22N4O/c1-3-5-11-9-17-7-6-15(11)8-12-13-10-14-16(12)4-2/h10-11H,3-9H2,1-2H3. The van der Waals surface area contributed by atoms with Crippen molar-refractivity contribution in [2.45, 2.75) is 45.8 Å². The van der Waals surface area contributed by atoms with Gasteiger partial charge in [0.05, 0.1) is 19.8 Å². The molecule has 0 saturated carbocycles. The average Bonchev–Trinajstić information content (AvgIpc) is 2.79. The Morgan fingerprint density at radius 3 is 3.12 bits per heavy atom. The first-order valence-electron chi connectivity index (χ1n) is 6.53. The molecule has 17 heavy (non-hydrogen) atoms. The van der Waals surface area contributed by atoms with Gasteiger partial charge < -0.3 is 4.74 Å². The lowest BCUT2D eigenvalue weighted by Crippen LogP contribution is -2.45. The number of hydrogen-bond donors (Lipinski definition) is 0. The highest BCUT2D eigenvalue weighted by Gasteiger charge is 2.23. The molecule has 1 saturated heterocycles. The lowest BCUT2D eigenvalue weighted by Gasteiger charge is -2.35. The summed E-state index contributed by atoms with van der Waals surface area (Å²) in [5.74, 6) is 1.07. The molecule has 0 spiro atoms. The molecular weight excluding hydrogens is 216 g/mol. The van der Waals surface area contributed by atoms with Crippen molar-refractivity contribution < 1.29 is 4.74 Å². The fraction of sp³-hybridized carbons (Fsp3) is 0.833. The summed E-state index contributed by atoms with van der Waals surface area (Å²) >= 11 is 0. The average molecular weight is 238 g/mol. The predicted molar refractivity (Wildman–Crippen MR) is 65.6 cm³/mol. The number of hydrogen-bond acceptors (Lipinski definition) is 4. The summed E-state index contributed by atoms with van der Waals surface area (Å²) in [5, 5.41) is 4.22. The van der Waals surface area contributed by atoms with Gasteiger partial charge in [-0.3, -0.25) is 4.90 Å². The van der Waals surface area contributed by atoms with Crippen LogP contribution in [0.15, 0.2) is 6.33 Å². The van der Waals surface area contributed by atoms with E-state index in [9.17, 15) is 0 Å². The monoisotopic (exact) mass is 238 g/mol. The van der Waals surface area contributed by atoms with Gasteiger partial charge in [0, 0.05) is 19.1 Å². The normalized spacial score (nSPS) is 21.9. The Kier molecular flexibility index (Phi) is 4.50. The molecule has 0 radical (unpaired) electrons. The molecule has 0 N–H and O–H groups in total. The van der Waals surface area contributed by atoms with E-state index in [-0.39, 0.29) is 0 Å². The third-order valence-corrected chi connectivity index (χ3v) is 3.31.